The number of ether oxygens (including phenoxy) is 1. The Morgan fingerprint density at radius 3 is 2.48 bits per heavy atom. The van der Waals surface area contributed by atoms with Crippen molar-refractivity contribution in [3.05, 3.63) is 0 Å². The van der Waals surface area contributed by atoms with E-state index in [0.717, 1.165) is 25.8 Å². The van der Waals surface area contributed by atoms with Crippen molar-refractivity contribution in [1.29, 1.82) is 0 Å². The summed E-state index contributed by atoms with van der Waals surface area (Å²) in [7, 11) is 0. The molecule has 2 rings (SSSR count). The minimum Gasteiger partial charge on any atom is -0.444 e. The molecule has 2 aliphatic carbocycles. The van der Waals surface area contributed by atoms with E-state index in [0.29, 0.717) is 10.8 Å². The summed E-state index contributed by atoms with van der Waals surface area (Å²) in [5, 5.41) is 6.71. The van der Waals surface area contributed by atoms with Crippen molar-refractivity contribution in [2.24, 2.45) is 0 Å². The molecule has 0 aromatic heterocycles. The van der Waals surface area contributed by atoms with Gasteiger partial charge in [-0.15, -0.1) is 0 Å². The highest BCUT2D eigenvalue weighted by molar-refractivity contribution is 8.00. The van der Waals surface area contributed by atoms with E-state index in [9.17, 15) is 4.79 Å². The van der Waals surface area contributed by atoms with Gasteiger partial charge in [0.2, 0.25) is 0 Å². The Kier molecular flexibility index (Phi) is 5.47. The molecule has 2 atom stereocenters. The summed E-state index contributed by atoms with van der Waals surface area (Å²) in [6.45, 7) is 6.79. The average Bonchev–Trinajstić information content (AvgIpc) is 2.73. The molecule has 0 radical (unpaired) electrons. The lowest BCUT2D eigenvalue weighted by Crippen LogP contribution is -2.46. The van der Waals surface area contributed by atoms with Gasteiger partial charge in [-0.2, -0.15) is 11.8 Å². The average molecular weight is 314 g/mol. The van der Waals surface area contributed by atoms with Crippen molar-refractivity contribution >= 4 is 17.9 Å². The maximum Gasteiger partial charge on any atom is 0.407 e. The molecule has 21 heavy (non-hydrogen) atoms. The highest BCUT2D eigenvalue weighted by atomic mass is 32.2. The highest BCUT2D eigenvalue weighted by Gasteiger charge is 2.37. The van der Waals surface area contributed by atoms with Crippen LogP contribution in [0.2, 0.25) is 0 Å². The minimum atomic E-state index is -0.421. The summed E-state index contributed by atoms with van der Waals surface area (Å²) in [5.74, 6) is 0. The standard InChI is InChI=1S/C16H30N2O2S/c1-15(2,3)20-14(19)18-13-7-6-12(10-13)17-11-16(21-4)8-5-9-16/h12-13,17H,5-11H2,1-4H3,(H,18,19). The zero-order chi connectivity index (χ0) is 15.5. The summed E-state index contributed by atoms with van der Waals surface area (Å²) >= 11 is 2.01. The fourth-order valence-corrected chi connectivity index (χ4v) is 4.05. The first-order chi connectivity index (χ1) is 9.82. The minimum absolute atomic E-state index is 0.254. The van der Waals surface area contributed by atoms with Gasteiger partial charge in [0.1, 0.15) is 5.60 Å². The van der Waals surface area contributed by atoms with E-state index < -0.39 is 5.60 Å². The third kappa shape index (κ3) is 5.06. The lowest BCUT2D eigenvalue weighted by molar-refractivity contribution is 0.0505. The van der Waals surface area contributed by atoms with Crippen LogP contribution < -0.4 is 10.6 Å². The fourth-order valence-electron chi connectivity index (χ4n) is 3.13. The molecule has 2 N–H and O–H groups in total. The first-order valence-corrected chi connectivity index (χ1v) is 9.32. The molecule has 0 aromatic carbocycles. The predicted octanol–water partition coefficient (Wildman–Crippen LogP) is 3.31. The second kappa shape index (κ2) is 6.78. The van der Waals surface area contributed by atoms with E-state index >= 15 is 0 Å². The van der Waals surface area contributed by atoms with E-state index in [2.05, 4.69) is 16.9 Å². The third-order valence-corrected chi connectivity index (χ3v) is 5.98. The zero-order valence-electron chi connectivity index (χ0n) is 13.8. The Balaban J connectivity index is 1.67. The van der Waals surface area contributed by atoms with Gasteiger partial charge in [0, 0.05) is 23.4 Å². The molecular weight excluding hydrogens is 284 g/mol. The maximum absolute atomic E-state index is 11.8. The van der Waals surface area contributed by atoms with Gasteiger partial charge in [-0.25, -0.2) is 4.79 Å². The Labute approximate surface area is 133 Å². The third-order valence-electron chi connectivity index (χ3n) is 4.56. The molecule has 0 aliphatic heterocycles. The van der Waals surface area contributed by atoms with Crippen LogP contribution in [0.3, 0.4) is 0 Å². The van der Waals surface area contributed by atoms with Crippen molar-refractivity contribution in [3.8, 4) is 0 Å². The molecule has 0 spiro atoms. The summed E-state index contributed by atoms with van der Waals surface area (Å²) in [6.07, 6.45) is 9.20. The number of amides is 1. The SMILES string of the molecule is CSC1(CNC2CCC(NC(=O)OC(C)(C)C)C2)CCC1. The normalized spacial score (nSPS) is 28.0. The highest BCUT2D eigenvalue weighted by Crippen LogP contribution is 2.42. The Morgan fingerprint density at radius 1 is 1.29 bits per heavy atom. The van der Waals surface area contributed by atoms with Gasteiger partial charge in [0.25, 0.3) is 0 Å². The number of thioether (sulfide) groups is 1. The summed E-state index contributed by atoms with van der Waals surface area (Å²) in [5.41, 5.74) is -0.421. The van der Waals surface area contributed by atoms with Crippen molar-refractivity contribution in [2.75, 3.05) is 12.8 Å². The molecule has 2 unspecified atom stereocenters. The van der Waals surface area contributed by atoms with Gasteiger partial charge >= 0.3 is 6.09 Å². The van der Waals surface area contributed by atoms with E-state index in [4.69, 9.17) is 4.74 Å². The monoisotopic (exact) mass is 314 g/mol. The van der Waals surface area contributed by atoms with Crippen LogP contribution in [0.15, 0.2) is 0 Å². The molecule has 2 saturated carbocycles. The molecule has 0 bridgehead atoms. The fraction of sp³-hybridized carbons (Fsp3) is 0.938. The van der Waals surface area contributed by atoms with E-state index in [1.807, 2.05) is 32.5 Å². The Morgan fingerprint density at radius 2 is 1.95 bits per heavy atom. The van der Waals surface area contributed by atoms with Crippen molar-refractivity contribution in [3.63, 3.8) is 0 Å². The van der Waals surface area contributed by atoms with Gasteiger partial charge in [-0.3, -0.25) is 0 Å². The van der Waals surface area contributed by atoms with Crippen LogP contribution in [0.25, 0.3) is 0 Å². The lowest BCUT2D eigenvalue weighted by Gasteiger charge is -2.41. The van der Waals surface area contributed by atoms with Crippen LogP contribution >= 0.6 is 11.8 Å². The number of carbonyl (C=O) groups is 1. The first-order valence-electron chi connectivity index (χ1n) is 8.10. The second-order valence-electron chi connectivity index (χ2n) is 7.47. The van der Waals surface area contributed by atoms with E-state index in [1.165, 1.54) is 19.3 Å². The Bertz CT molecular complexity index is 358. The van der Waals surface area contributed by atoms with Crippen LogP contribution in [0.4, 0.5) is 4.79 Å². The number of alkyl carbamates (subject to hydrolysis) is 1. The molecule has 122 valence electrons. The number of nitrogens with one attached hydrogen (secondary N) is 2. The number of carbonyl (C=O) groups excluding carboxylic acids is 1. The van der Waals surface area contributed by atoms with Crippen LogP contribution in [-0.4, -0.2) is 41.3 Å². The molecule has 1 amide bonds. The van der Waals surface area contributed by atoms with E-state index in [1.54, 1.807) is 0 Å². The topological polar surface area (TPSA) is 50.4 Å². The maximum atomic E-state index is 11.8. The van der Waals surface area contributed by atoms with Crippen LogP contribution in [-0.2, 0) is 4.74 Å². The number of hydrogen-bond donors (Lipinski definition) is 2. The van der Waals surface area contributed by atoms with Crippen LogP contribution in [0.5, 0.6) is 0 Å². The van der Waals surface area contributed by atoms with Crippen molar-refractivity contribution < 1.29 is 9.53 Å². The molecule has 2 fully saturated rings. The van der Waals surface area contributed by atoms with Gasteiger partial charge in [0.05, 0.1) is 0 Å². The first kappa shape index (κ1) is 16.9. The number of hydrogen-bond acceptors (Lipinski definition) is 4. The van der Waals surface area contributed by atoms with Gasteiger partial charge in [-0.05, 0) is 59.1 Å². The number of rotatable bonds is 5. The van der Waals surface area contributed by atoms with Gasteiger partial charge in [-0.1, -0.05) is 6.42 Å². The molecular formula is C16H30N2O2S. The van der Waals surface area contributed by atoms with E-state index in [-0.39, 0.29) is 12.1 Å². The second-order valence-corrected chi connectivity index (χ2v) is 8.75. The predicted molar refractivity (Wildman–Crippen MR) is 88.9 cm³/mol. The summed E-state index contributed by atoms with van der Waals surface area (Å²) in [6, 6.07) is 0.790. The van der Waals surface area contributed by atoms with Crippen molar-refractivity contribution in [2.45, 2.75) is 81.7 Å². The summed E-state index contributed by atoms with van der Waals surface area (Å²) in [4.78, 5) is 11.8. The molecule has 0 saturated heterocycles. The van der Waals surface area contributed by atoms with Gasteiger partial charge < -0.3 is 15.4 Å². The molecule has 4 nitrogen and oxygen atoms in total. The van der Waals surface area contributed by atoms with Gasteiger partial charge in [0.15, 0.2) is 0 Å². The van der Waals surface area contributed by atoms with Crippen LogP contribution in [0.1, 0.15) is 59.3 Å². The smallest absolute Gasteiger partial charge is 0.407 e. The molecule has 0 heterocycles. The molecule has 5 heteroatoms. The largest absolute Gasteiger partial charge is 0.444 e. The summed E-state index contributed by atoms with van der Waals surface area (Å²) < 4.78 is 5.80. The molecule has 0 aromatic rings. The quantitative estimate of drug-likeness (QED) is 0.817. The van der Waals surface area contributed by atoms with Crippen LogP contribution in [0, 0.1) is 0 Å². The zero-order valence-corrected chi connectivity index (χ0v) is 14.6. The van der Waals surface area contributed by atoms with Crippen molar-refractivity contribution in [1.82, 2.24) is 10.6 Å². The Hall–Kier alpha value is -0.420. The lowest BCUT2D eigenvalue weighted by atomic mass is 9.84. The molecule has 2 aliphatic rings.